The predicted octanol–water partition coefficient (Wildman–Crippen LogP) is 2.97. The standard InChI is InChI=1S/C36H56N6O7S2/c1-12-14-16-23(28(43)31(45)37-18-13-2)38-30(44)27-26-22(36(26,9)10)20-42(27)32(46)29(35(6,7)8)40-33(47)39-24(34(3,4)5)21-41(11)51(48,49)25-17-15-19-50-25/h1,15,17,19,22-24,26-27,29H,13-14,16,18,20-21H2,2-11H3,(H,37,45)(H,38,44)(H2,39,40,47)/t22-,23?,24+,26-,27-,29+/m0/s1. The summed E-state index contributed by atoms with van der Waals surface area (Å²) in [4.78, 5) is 69.2. The molecule has 6 atom stereocenters. The Kier molecular flexibility index (Phi) is 13.2. The van der Waals surface area contributed by atoms with Gasteiger partial charge in [0.15, 0.2) is 0 Å². The molecule has 1 aromatic rings. The number of likely N-dealkylation sites (N-methyl/N-ethyl adjacent to an activating group) is 1. The van der Waals surface area contributed by atoms with Crippen molar-refractivity contribution in [3.05, 3.63) is 17.5 Å². The van der Waals surface area contributed by atoms with Gasteiger partial charge in [-0.25, -0.2) is 13.2 Å². The lowest BCUT2D eigenvalue weighted by Crippen LogP contribution is -2.62. The molecule has 2 fully saturated rings. The predicted molar refractivity (Wildman–Crippen MR) is 197 cm³/mol. The van der Waals surface area contributed by atoms with Crippen LogP contribution in [0.15, 0.2) is 21.7 Å². The molecule has 1 unspecified atom stereocenters. The van der Waals surface area contributed by atoms with Crippen molar-refractivity contribution in [3.8, 4) is 12.3 Å². The molecule has 0 spiro atoms. The van der Waals surface area contributed by atoms with Gasteiger partial charge < -0.3 is 26.2 Å². The van der Waals surface area contributed by atoms with Crippen LogP contribution >= 0.6 is 11.3 Å². The van der Waals surface area contributed by atoms with Crippen LogP contribution in [0.5, 0.6) is 0 Å². The maximum atomic E-state index is 14.4. The first kappa shape index (κ1) is 41.9. The minimum atomic E-state index is -3.78. The van der Waals surface area contributed by atoms with Crippen LogP contribution in [0.3, 0.4) is 0 Å². The number of carbonyl (C=O) groups excluding carboxylic acids is 5. The number of rotatable bonds is 15. The van der Waals surface area contributed by atoms with Gasteiger partial charge in [-0.2, -0.15) is 4.31 Å². The third-order valence-corrected chi connectivity index (χ3v) is 13.3. The van der Waals surface area contributed by atoms with E-state index in [1.807, 2.05) is 41.5 Å². The number of nitrogens with one attached hydrogen (secondary N) is 4. The summed E-state index contributed by atoms with van der Waals surface area (Å²) in [5.74, 6) is -0.352. The zero-order valence-corrected chi connectivity index (χ0v) is 33.2. The van der Waals surface area contributed by atoms with E-state index in [0.29, 0.717) is 13.0 Å². The van der Waals surface area contributed by atoms with E-state index in [2.05, 4.69) is 27.2 Å². The number of thiophene rings is 1. The summed E-state index contributed by atoms with van der Waals surface area (Å²) in [5, 5.41) is 12.7. The minimum Gasteiger partial charge on any atom is -0.349 e. The lowest BCUT2D eigenvalue weighted by Gasteiger charge is -2.39. The van der Waals surface area contributed by atoms with Crippen LogP contribution < -0.4 is 21.3 Å². The highest BCUT2D eigenvalue weighted by molar-refractivity contribution is 7.91. The molecule has 1 saturated carbocycles. The van der Waals surface area contributed by atoms with Crippen LogP contribution in [0.4, 0.5) is 4.79 Å². The van der Waals surface area contributed by atoms with E-state index < -0.39 is 74.6 Å². The summed E-state index contributed by atoms with van der Waals surface area (Å²) in [6.45, 7) is 17.5. The van der Waals surface area contributed by atoms with E-state index in [1.54, 1.807) is 32.2 Å². The molecule has 2 heterocycles. The first-order valence-electron chi connectivity index (χ1n) is 17.4. The second-order valence-corrected chi connectivity index (χ2v) is 19.6. The maximum Gasteiger partial charge on any atom is 0.315 e. The molecular weight excluding hydrogens is 693 g/mol. The summed E-state index contributed by atoms with van der Waals surface area (Å²) in [5.41, 5.74) is -1.60. The molecule has 284 valence electrons. The molecule has 2 aliphatic rings. The SMILES string of the molecule is C#CCCC(NC(=O)[C@@H]1[C@@H]2[C@H](CN1C(=O)[C@@H](NC(=O)N[C@H](CN(C)S(=O)(=O)c1cccs1)C(C)(C)C)C(C)(C)C)C2(C)C)C(=O)C(=O)NCCC. The molecule has 1 aliphatic heterocycles. The lowest BCUT2D eigenvalue weighted by molar-refractivity contribution is -0.145. The van der Waals surface area contributed by atoms with Gasteiger partial charge in [-0.3, -0.25) is 19.2 Å². The zero-order valence-electron chi connectivity index (χ0n) is 31.6. The van der Waals surface area contributed by atoms with Gasteiger partial charge in [0.2, 0.25) is 17.6 Å². The van der Waals surface area contributed by atoms with Gasteiger partial charge in [-0.15, -0.1) is 23.7 Å². The Bertz CT molecular complexity index is 1600. The quantitative estimate of drug-likeness (QED) is 0.158. The highest BCUT2D eigenvalue weighted by Gasteiger charge is 2.70. The van der Waals surface area contributed by atoms with Crippen LogP contribution in [0.1, 0.15) is 81.6 Å². The summed E-state index contributed by atoms with van der Waals surface area (Å²) < 4.78 is 27.7. The molecule has 0 radical (unpaired) electrons. The number of sulfonamides is 1. The van der Waals surface area contributed by atoms with Gasteiger partial charge in [0.05, 0.1) is 6.04 Å². The number of ketones is 1. The second kappa shape index (κ2) is 16.0. The fraction of sp³-hybridized carbons (Fsp3) is 0.694. The van der Waals surface area contributed by atoms with Gasteiger partial charge in [-0.1, -0.05) is 68.4 Å². The van der Waals surface area contributed by atoms with Crippen LogP contribution in [0.2, 0.25) is 0 Å². The van der Waals surface area contributed by atoms with Crippen LogP contribution in [-0.2, 0) is 29.2 Å². The molecule has 0 bridgehead atoms. The van der Waals surface area contributed by atoms with Crippen LogP contribution in [0, 0.1) is 40.4 Å². The largest absolute Gasteiger partial charge is 0.349 e. The Hall–Kier alpha value is -3.48. The van der Waals surface area contributed by atoms with E-state index in [0.717, 1.165) is 11.3 Å². The van der Waals surface area contributed by atoms with Crippen LogP contribution in [-0.4, -0.2) is 98.0 Å². The minimum absolute atomic E-state index is 0.0189. The molecule has 5 amide bonds. The van der Waals surface area contributed by atoms with Crippen molar-refractivity contribution in [2.24, 2.45) is 28.1 Å². The van der Waals surface area contributed by atoms with E-state index >= 15 is 0 Å². The number of Topliss-reactive ketones (excluding diaryl/α,β-unsaturated/α-hetero) is 1. The maximum absolute atomic E-state index is 14.4. The smallest absolute Gasteiger partial charge is 0.315 e. The molecule has 15 heteroatoms. The van der Waals surface area contributed by atoms with Crippen molar-refractivity contribution in [3.63, 3.8) is 0 Å². The van der Waals surface area contributed by atoms with Crippen molar-refractivity contribution in [2.45, 2.75) is 110 Å². The molecule has 1 saturated heterocycles. The normalized spacial score (nSPS) is 21.5. The average Bonchev–Trinajstić information content (AvgIpc) is 3.49. The van der Waals surface area contributed by atoms with Crippen molar-refractivity contribution >= 4 is 50.9 Å². The number of likely N-dealkylation sites (tertiary alicyclic amines) is 1. The molecule has 3 rings (SSSR count). The molecule has 13 nitrogen and oxygen atoms in total. The van der Waals surface area contributed by atoms with Gasteiger partial charge >= 0.3 is 6.03 Å². The molecule has 1 aliphatic carbocycles. The van der Waals surface area contributed by atoms with Crippen LogP contribution in [0.25, 0.3) is 0 Å². The second-order valence-electron chi connectivity index (χ2n) is 16.4. The van der Waals surface area contributed by atoms with Gasteiger partial charge in [0, 0.05) is 39.1 Å². The number of terminal acetylenes is 1. The number of hydrogen-bond acceptors (Lipinski definition) is 8. The number of urea groups is 1. The molecule has 0 aromatic carbocycles. The Balaban J connectivity index is 1.84. The first-order valence-corrected chi connectivity index (χ1v) is 19.7. The number of carbonyl (C=O) groups is 5. The summed E-state index contributed by atoms with van der Waals surface area (Å²) in [6, 6.07) is -1.29. The molecule has 51 heavy (non-hydrogen) atoms. The number of piperidine rings is 1. The van der Waals surface area contributed by atoms with Crippen molar-refractivity contribution < 1.29 is 32.4 Å². The molecule has 4 N–H and O–H groups in total. The lowest BCUT2D eigenvalue weighted by atomic mass is 9.85. The molecular formula is C36H56N6O7S2. The van der Waals surface area contributed by atoms with E-state index in [9.17, 15) is 32.4 Å². The average molecular weight is 749 g/mol. The zero-order chi connectivity index (χ0) is 38.7. The van der Waals surface area contributed by atoms with Crippen molar-refractivity contribution in [1.29, 1.82) is 0 Å². The fourth-order valence-corrected chi connectivity index (χ4v) is 9.04. The van der Waals surface area contributed by atoms with Crippen molar-refractivity contribution in [1.82, 2.24) is 30.5 Å². The van der Waals surface area contributed by atoms with E-state index in [1.165, 1.54) is 22.3 Å². The number of fused-ring (bicyclic) bond motifs is 1. The van der Waals surface area contributed by atoms with Gasteiger partial charge in [0.25, 0.3) is 15.9 Å². The van der Waals surface area contributed by atoms with Crippen molar-refractivity contribution in [2.75, 3.05) is 26.7 Å². The Labute approximate surface area is 307 Å². The summed E-state index contributed by atoms with van der Waals surface area (Å²) in [6.07, 6.45) is 6.29. The number of amides is 5. The summed E-state index contributed by atoms with van der Waals surface area (Å²) in [7, 11) is -2.32. The van der Waals surface area contributed by atoms with E-state index in [-0.39, 0.29) is 47.4 Å². The third-order valence-electron chi connectivity index (χ3n) is 10.1. The Morgan fingerprint density at radius 3 is 2.25 bits per heavy atom. The van der Waals surface area contributed by atoms with Gasteiger partial charge in [-0.05, 0) is 52.4 Å². The topological polar surface area (TPSA) is 174 Å². The first-order chi connectivity index (χ1) is 23.5. The van der Waals surface area contributed by atoms with Gasteiger partial charge in [0.1, 0.15) is 16.3 Å². The fourth-order valence-electron chi connectivity index (χ4n) is 6.65. The Morgan fingerprint density at radius 2 is 1.73 bits per heavy atom. The number of hydrogen-bond donors (Lipinski definition) is 4. The summed E-state index contributed by atoms with van der Waals surface area (Å²) >= 11 is 1.11. The highest BCUT2D eigenvalue weighted by Crippen LogP contribution is 2.65. The third kappa shape index (κ3) is 9.70. The number of nitrogens with zero attached hydrogens (tertiary/aromatic N) is 2. The molecule has 1 aromatic heterocycles. The monoisotopic (exact) mass is 748 g/mol. The Morgan fingerprint density at radius 1 is 1.08 bits per heavy atom. The highest BCUT2D eigenvalue weighted by atomic mass is 32.2. The van der Waals surface area contributed by atoms with E-state index in [4.69, 9.17) is 6.42 Å².